The molecule has 1 aromatic rings. The summed E-state index contributed by atoms with van der Waals surface area (Å²) in [6, 6.07) is 5.52. The van der Waals surface area contributed by atoms with Gasteiger partial charge < -0.3 is 20.1 Å². The van der Waals surface area contributed by atoms with Crippen LogP contribution in [0.1, 0.15) is 31.2 Å². The Bertz CT molecular complexity index is 471. The van der Waals surface area contributed by atoms with Gasteiger partial charge in [0.15, 0.2) is 0 Å². The maximum absolute atomic E-state index is 11.8. The van der Waals surface area contributed by atoms with E-state index in [1.807, 2.05) is 25.1 Å². The van der Waals surface area contributed by atoms with E-state index in [1.54, 1.807) is 7.11 Å². The third-order valence-corrected chi connectivity index (χ3v) is 3.72. The average Bonchev–Trinajstić information content (AvgIpc) is 2.96. The predicted octanol–water partition coefficient (Wildman–Crippen LogP) is 3.08. The van der Waals surface area contributed by atoms with Crippen LogP contribution in [-0.4, -0.2) is 32.4 Å². The maximum Gasteiger partial charge on any atom is 0.319 e. The van der Waals surface area contributed by atoms with Crippen molar-refractivity contribution in [2.75, 3.05) is 25.6 Å². The van der Waals surface area contributed by atoms with Gasteiger partial charge in [0.1, 0.15) is 5.75 Å². The SMILES string of the molecule is COCCNC(=O)Nc1cccc(OC2CCCC2)c1C. The van der Waals surface area contributed by atoms with Gasteiger partial charge in [-0.15, -0.1) is 0 Å². The summed E-state index contributed by atoms with van der Waals surface area (Å²) in [6.07, 6.45) is 5.03. The van der Waals surface area contributed by atoms with Gasteiger partial charge in [0.25, 0.3) is 0 Å². The minimum absolute atomic E-state index is 0.229. The summed E-state index contributed by atoms with van der Waals surface area (Å²) in [5.41, 5.74) is 1.74. The van der Waals surface area contributed by atoms with Gasteiger partial charge in [0.05, 0.1) is 12.7 Å². The zero-order valence-electron chi connectivity index (χ0n) is 12.8. The molecule has 2 amide bonds. The first-order valence-electron chi connectivity index (χ1n) is 7.50. The highest BCUT2D eigenvalue weighted by molar-refractivity contribution is 5.90. The van der Waals surface area contributed by atoms with Crippen molar-refractivity contribution in [1.82, 2.24) is 5.32 Å². The number of hydrogen-bond donors (Lipinski definition) is 2. The standard InChI is InChI=1S/C16H24N2O3/c1-12-14(18-16(19)17-10-11-20-2)8-5-9-15(12)21-13-6-3-4-7-13/h5,8-9,13H,3-4,6-7,10-11H2,1-2H3,(H2,17,18,19). The van der Waals surface area contributed by atoms with E-state index in [0.29, 0.717) is 19.3 Å². The number of urea groups is 1. The Hall–Kier alpha value is -1.75. The molecule has 5 heteroatoms. The van der Waals surface area contributed by atoms with Crippen LogP contribution in [0, 0.1) is 6.92 Å². The van der Waals surface area contributed by atoms with Crippen LogP contribution >= 0.6 is 0 Å². The van der Waals surface area contributed by atoms with Gasteiger partial charge in [-0.2, -0.15) is 0 Å². The lowest BCUT2D eigenvalue weighted by Crippen LogP contribution is -2.31. The van der Waals surface area contributed by atoms with Crippen LogP contribution in [0.2, 0.25) is 0 Å². The molecule has 0 heterocycles. The topological polar surface area (TPSA) is 59.6 Å². The molecule has 1 aliphatic carbocycles. The summed E-state index contributed by atoms with van der Waals surface area (Å²) in [5, 5.41) is 5.58. The second-order valence-electron chi connectivity index (χ2n) is 5.33. The van der Waals surface area contributed by atoms with Crippen LogP contribution in [-0.2, 0) is 4.74 Å². The van der Waals surface area contributed by atoms with E-state index in [4.69, 9.17) is 9.47 Å². The highest BCUT2D eigenvalue weighted by Gasteiger charge is 2.18. The second-order valence-corrected chi connectivity index (χ2v) is 5.33. The van der Waals surface area contributed by atoms with Crippen LogP contribution < -0.4 is 15.4 Å². The fraction of sp³-hybridized carbons (Fsp3) is 0.562. The zero-order chi connectivity index (χ0) is 15.1. The Balaban J connectivity index is 1.94. The summed E-state index contributed by atoms with van der Waals surface area (Å²) in [4.78, 5) is 11.8. The first-order valence-corrected chi connectivity index (χ1v) is 7.50. The molecule has 0 spiro atoms. The van der Waals surface area contributed by atoms with E-state index in [1.165, 1.54) is 12.8 Å². The smallest absolute Gasteiger partial charge is 0.319 e. The number of nitrogens with one attached hydrogen (secondary N) is 2. The molecule has 116 valence electrons. The van der Waals surface area contributed by atoms with Crippen molar-refractivity contribution in [3.05, 3.63) is 23.8 Å². The van der Waals surface area contributed by atoms with Crippen molar-refractivity contribution in [2.45, 2.75) is 38.7 Å². The number of anilines is 1. The van der Waals surface area contributed by atoms with Crippen molar-refractivity contribution in [3.8, 4) is 5.75 Å². The van der Waals surface area contributed by atoms with E-state index in [9.17, 15) is 4.79 Å². The van der Waals surface area contributed by atoms with Crippen molar-refractivity contribution in [2.24, 2.45) is 0 Å². The molecular formula is C16H24N2O3. The molecule has 2 N–H and O–H groups in total. The maximum atomic E-state index is 11.8. The molecular weight excluding hydrogens is 268 g/mol. The van der Waals surface area contributed by atoms with Crippen molar-refractivity contribution < 1.29 is 14.3 Å². The monoisotopic (exact) mass is 292 g/mol. The number of carbonyl (C=O) groups excluding carboxylic acids is 1. The number of methoxy groups -OCH3 is 1. The normalized spacial score (nSPS) is 15.0. The summed E-state index contributed by atoms with van der Waals surface area (Å²) < 4.78 is 10.9. The molecule has 2 rings (SSSR count). The molecule has 1 aromatic carbocycles. The quantitative estimate of drug-likeness (QED) is 0.792. The summed E-state index contributed by atoms with van der Waals surface area (Å²) in [5.74, 6) is 0.858. The van der Waals surface area contributed by atoms with Gasteiger partial charge in [-0.05, 0) is 44.7 Å². The molecule has 0 radical (unpaired) electrons. The molecule has 1 saturated carbocycles. The van der Waals surface area contributed by atoms with Crippen LogP contribution in [0.3, 0.4) is 0 Å². The molecule has 0 aromatic heterocycles. The van der Waals surface area contributed by atoms with Crippen molar-refractivity contribution in [3.63, 3.8) is 0 Å². The van der Waals surface area contributed by atoms with E-state index in [-0.39, 0.29) is 6.03 Å². The fourth-order valence-corrected chi connectivity index (χ4v) is 2.50. The summed E-state index contributed by atoms with van der Waals surface area (Å²) >= 11 is 0. The average molecular weight is 292 g/mol. The summed E-state index contributed by atoms with van der Waals surface area (Å²) in [7, 11) is 1.60. The molecule has 0 atom stereocenters. The molecule has 1 fully saturated rings. The Kier molecular flexibility index (Phi) is 5.87. The van der Waals surface area contributed by atoms with Crippen LogP contribution in [0.25, 0.3) is 0 Å². The Morgan fingerprint density at radius 3 is 2.81 bits per heavy atom. The van der Waals surface area contributed by atoms with E-state index in [2.05, 4.69) is 10.6 Å². The first kappa shape index (κ1) is 15.6. The highest BCUT2D eigenvalue weighted by atomic mass is 16.5. The Labute approximate surface area is 126 Å². The minimum atomic E-state index is -0.229. The molecule has 0 aliphatic heterocycles. The van der Waals surface area contributed by atoms with E-state index >= 15 is 0 Å². The van der Waals surface area contributed by atoms with Gasteiger partial charge in [-0.3, -0.25) is 0 Å². The molecule has 1 aliphatic rings. The van der Waals surface area contributed by atoms with Crippen molar-refractivity contribution in [1.29, 1.82) is 0 Å². The number of amides is 2. The number of hydrogen-bond acceptors (Lipinski definition) is 3. The van der Waals surface area contributed by atoms with Crippen LogP contribution in [0.4, 0.5) is 10.5 Å². The third-order valence-electron chi connectivity index (χ3n) is 3.72. The molecule has 0 bridgehead atoms. The lowest BCUT2D eigenvalue weighted by Gasteiger charge is -2.17. The largest absolute Gasteiger partial charge is 0.490 e. The van der Waals surface area contributed by atoms with Gasteiger partial charge >= 0.3 is 6.03 Å². The lowest BCUT2D eigenvalue weighted by atomic mass is 10.1. The second kappa shape index (κ2) is 7.88. The molecule has 21 heavy (non-hydrogen) atoms. The third kappa shape index (κ3) is 4.63. The van der Waals surface area contributed by atoms with Crippen molar-refractivity contribution >= 4 is 11.7 Å². The summed E-state index contributed by atoms with van der Waals surface area (Å²) in [6.45, 7) is 2.95. The van der Waals surface area contributed by atoms with E-state index in [0.717, 1.165) is 29.8 Å². The first-order chi connectivity index (χ1) is 10.2. The predicted molar refractivity (Wildman–Crippen MR) is 83.0 cm³/mol. The van der Waals surface area contributed by atoms with Gasteiger partial charge in [0, 0.05) is 24.9 Å². The van der Waals surface area contributed by atoms with Gasteiger partial charge in [-0.1, -0.05) is 6.07 Å². The molecule has 0 unspecified atom stereocenters. The number of rotatable bonds is 6. The Morgan fingerprint density at radius 1 is 1.33 bits per heavy atom. The number of benzene rings is 1. The number of ether oxygens (including phenoxy) is 2. The molecule has 0 saturated heterocycles. The lowest BCUT2D eigenvalue weighted by molar-refractivity contribution is 0.198. The Morgan fingerprint density at radius 2 is 2.10 bits per heavy atom. The highest BCUT2D eigenvalue weighted by Crippen LogP contribution is 2.30. The van der Waals surface area contributed by atoms with E-state index < -0.39 is 0 Å². The zero-order valence-corrected chi connectivity index (χ0v) is 12.8. The van der Waals surface area contributed by atoms with Crippen LogP contribution in [0.5, 0.6) is 5.75 Å². The minimum Gasteiger partial charge on any atom is -0.490 e. The fourth-order valence-electron chi connectivity index (χ4n) is 2.50. The van der Waals surface area contributed by atoms with Crippen LogP contribution in [0.15, 0.2) is 18.2 Å². The molecule has 5 nitrogen and oxygen atoms in total. The van der Waals surface area contributed by atoms with Gasteiger partial charge in [-0.25, -0.2) is 4.79 Å². The van der Waals surface area contributed by atoms with Gasteiger partial charge in [0.2, 0.25) is 0 Å². The number of carbonyl (C=O) groups is 1.